The van der Waals surface area contributed by atoms with Crippen molar-refractivity contribution in [2.75, 3.05) is 6.61 Å². The maximum absolute atomic E-state index is 14.0. The second kappa shape index (κ2) is 19.5. The lowest BCUT2D eigenvalue weighted by Gasteiger charge is -2.32. The van der Waals surface area contributed by atoms with Crippen LogP contribution in [0.4, 0.5) is 4.79 Å². The van der Waals surface area contributed by atoms with E-state index in [4.69, 9.17) is 23.7 Å². The van der Waals surface area contributed by atoms with Gasteiger partial charge in [0.25, 0.3) is 0 Å². The molecule has 0 saturated carbocycles. The lowest BCUT2D eigenvalue weighted by Crippen LogP contribution is -2.59. The number of thiophene rings is 2. The van der Waals surface area contributed by atoms with Crippen molar-refractivity contribution in [1.82, 2.24) is 15.5 Å². The molecule has 3 aliphatic heterocycles. The van der Waals surface area contributed by atoms with Gasteiger partial charge in [-0.3, -0.25) is 10.1 Å². The average Bonchev–Trinajstić information content (AvgIpc) is 3.63. The first-order valence-electron chi connectivity index (χ1n) is 19.4. The lowest BCUT2D eigenvalue weighted by atomic mass is 10.0. The van der Waals surface area contributed by atoms with Crippen LogP contribution in [-0.4, -0.2) is 77.0 Å². The Morgan fingerprint density at radius 3 is 2.06 bits per heavy atom. The fraction of sp³-hybridized carbons (Fsp3) is 0.744. The summed E-state index contributed by atoms with van der Waals surface area (Å²) in [7, 11) is 0. The quantitative estimate of drug-likeness (QED) is 0.0550. The number of hydrogen-bond donors (Lipinski definition) is 3. The summed E-state index contributed by atoms with van der Waals surface area (Å²) in [4.78, 5) is 30.7. The molecule has 5 rings (SSSR count). The number of aliphatic carboxylic acids is 1. The van der Waals surface area contributed by atoms with Crippen molar-refractivity contribution < 1.29 is 38.4 Å². The minimum atomic E-state index is -1.06. The fourth-order valence-corrected chi connectivity index (χ4v) is 8.84. The highest BCUT2D eigenvalue weighted by Crippen LogP contribution is 2.44. The number of nitrogens with one attached hydrogen (secondary N) is 2. The monoisotopic (exact) mass is 763 g/mol. The molecule has 3 fully saturated rings. The second-order valence-corrected chi connectivity index (χ2v) is 17.4. The highest BCUT2D eigenvalue weighted by Gasteiger charge is 2.63. The van der Waals surface area contributed by atoms with Crippen LogP contribution in [0.1, 0.15) is 121 Å². The van der Waals surface area contributed by atoms with E-state index in [1.54, 1.807) is 22.7 Å². The van der Waals surface area contributed by atoms with Crippen LogP contribution in [-0.2, 0) is 41.6 Å². The van der Waals surface area contributed by atoms with Crippen LogP contribution in [0.3, 0.4) is 0 Å². The molecule has 292 valence electrons. The molecule has 2 aromatic heterocycles. The largest absolute Gasteiger partial charge is 0.481 e. The van der Waals surface area contributed by atoms with Crippen molar-refractivity contribution in [3.8, 4) is 0 Å². The Bertz CT molecular complexity index is 1320. The normalized spacial score (nSPS) is 26.9. The van der Waals surface area contributed by atoms with E-state index in [-0.39, 0.29) is 12.5 Å². The van der Waals surface area contributed by atoms with Gasteiger partial charge in [-0.1, -0.05) is 90.7 Å². The van der Waals surface area contributed by atoms with Crippen molar-refractivity contribution in [3.63, 3.8) is 0 Å². The average molecular weight is 764 g/mol. The number of fused-ring (bicyclic) bond motifs is 1. The molecule has 0 aromatic carbocycles. The summed E-state index contributed by atoms with van der Waals surface area (Å²) >= 11 is 3.31. The first-order chi connectivity index (χ1) is 25.0. The number of carboxylic acid groups (broad SMARTS) is 1. The van der Waals surface area contributed by atoms with Gasteiger partial charge in [0, 0.05) is 29.5 Å². The summed E-state index contributed by atoms with van der Waals surface area (Å²) in [6.07, 6.45) is 9.66. The molecule has 0 aliphatic carbocycles. The first kappa shape index (κ1) is 41.1. The molecule has 13 heteroatoms. The van der Waals surface area contributed by atoms with Crippen molar-refractivity contribution in [2.45, 2.75) is 173 Å². The standard InChI is InChI=1S/C39H61N3O8S2/c1-6-7-8-9-10-11-12-13-14-15-20-46-36-35-34(49-38(4,5)50-35)33(47-36)30(24-32(43)44)40-37(45)41-39(31(48-39)23-27(2)3)42(25-28-18-16-21-51-28)26-29-19-17-22-52-29/h16-19,21-22,27,30-31,33-36H,6-15,20,23-26H2,1-5H3,(H,43,44)(H2,40,41,45)/t30-,31-,33+,34-,35-,36-,39?/m0/s1. The Morgan fingerprint density at radius 2 is 1.50 bits per heavy atom. The summed E-state index contributed by atoms with van der Waals surface area (Å²) in [5.41, 5.74) is 0. The molecule has 5 heterocycles. The number of nitrogens with zero attached hydrogens (tertiary/aromatic N) is 1. The van der Waals surface area contributed by atoms with Crippen molar-refractivity contribution in [1.29, 1.82) is 0 Å². The number of carboxylic acids is 1. The van der Waals surface area contributed by atoms with E-state index in [1.165, 1.54) is 51.4 Å². The van der Waals surface area contributed by atoms with E-state index >= 15 is 0 Å². The molecule has 0 radical (unpaired) electrons. The summed E-state index contributed by atoms with van der Waals surface area (Å²) in [5, 5.41) is 20.2. The number of carbonyl (C=O) groups is 2. The molecule has 3 saturated heterocycles. The predicted octanol–water partition coefficient (Wildman–Crippen LogP) is 8.24. The van der Waals surface area contributed by atoms with Crippen LogP contribution in [0.2, 0.25) is 0 Å². The van der Waals surface area contributed by atoms with Crippen molar-refractivity contribution >= 4 is 34.7 Å². The SMILES string of the molecule is CCCCCCCCCCCCO[C@H]1O[C@H]([C@H](CC(=O)O)NC(=O)NC2(N(Cc3cccs3)Cc3cccs3)O[C@H]2CC(C)C)[C@@H]2OC(C)(C)O[C@H]12. The van der Waals surface area contributed by atoms with E-state index in [2.05, 4.69) is 48.4 Å². The maximum atomic E-state index is 14.0. The van der Waals surface area contributed by atoms with E-state index in [9.17, 15) is 14.7 Å². The Balaban J connectivity index is 1.22. The molecule has 1 unspecified atom stereocenters. The van der Waals surface area contributed by atoms with E-state index in [0.29, 0.717) is 25.6 Å². The Kier molecular flexibility index (Phi) is 15.4. The molecule has 11 nitrogen and oxygen atoms in total. The van der Waals surface area contributed by atoms with Gasteiger partial charge in [0.05, 0.1) is 12.5 Å². The number of epoxide rings is 1. The topological polar surface area (TPSA) is 131 Å². The second-order valence-electron chi connectivity index (χ2n) is 15.3. The van der Waals surface area contributed by atoms with Crippen molar-refractivity contribution in [3.05, 3.63) is 44.8 Å². The highest BCUT2D eigenvalue weighted by molar-refractivity contribution is 7.10. The third-order valence-electron chi connectivity index (χ3n) is 9.94. The molecule has 7 atom stereocenters. The Labute approximate surface area is 318 Å². The van der Waals surface area contributed by atoms with Crippen LogP contribution in [0.5, 0.6) is 0 Å². The third kappa shape index (κ3) is 11.7. The van der Waals surface area contributed by atoms with Crippen LogP contribution < -0.4 is 10.6 Å². The molecule has 2 aromatic rings. The van der Waals surface area contributed by atoms with Crippen LogP contribution in [0.25, 0.3) is 0 Å². The number of rotatable bonds is 24. The summed E-state index contributed by atoms with van der Waals surface area (Å²) in [5.74, 6) is -2.70. The predicted molar refractivity (Wildman–Crippen MR) is 203 cm³/mol. The van der Waals surface area contributed by atoms with Gasteiger partial charge in [0.1, 0.15) is 24.4 Å². The van der Waals surface area contributed by atoms with Gasteiger partial charge in [0.15, 0.2) is 12.1 Å². The minimum absolute atomic E-state index is 0.237. The number of carbonyl (C=O) groups excluding carboxylic acids is 1. The molecule has 0 bridgehead atoms. The first-order valence-corrected chi connectivity index (χ1v) is 21.2. The number of hydrogen-bond acceptors (Lipinski definition) is 10. The molecular weight excluding hydrogens is 703 g/mol. The lowest BCUT2D eigenvalue weighted by molar-refractivity contribution is -0.236. The number of ether oxygens (including phenoxy) is 5. The number of urea groups is 1. The molecule has 3 N–H and O–H groups in total. The minimum Gasteiger partial charge on any atom is -0.481 e. The van der Waals surface area contributed by atoms with Crippen LogP contribution in [0, 0.1) is 5.92 Å². The number of unbranched alkanes of at least 4 members (excludes halogenated alkanes) is 9. The summed E-state index contributed by atoms with van der Waals surface area (Å²) < 4.78 is 31.5. The number of amides is 2. The van der Waals surface area contributed by atoms with Crippen LogP contribution >= 0.6 is 22.7 Å². The van der Waals surface area contributed by atoms with Gasteiger partial charge in [-0.2, -0.15) is 0 Å². The van der Waals surface area contributed by atoms with E-state index < -0.39 is 54.3 Å². The van der Waals surface area contributed by atoms with Gasteiger partial charge in [-0.05, 0) is 55.5 Å². The van der Waals surface area contributed by atoms with Gasteiger partial charge in [-0.25, -0.2) is 9.69 Å². The maximum Gasteiger partial charge on any atom is 0.318 e. The molecule has 3 aliphatic rings. The molecule has 52 heavy (non-hydrogen) atoms. The van der Waals surface area contributed by atoms with Gasteiger partial charge >= 0.3 is 12.0 Å². The van der Waals surface area contributed by atoms with Gasteiger partial charge in [0.2, 0.25) is 5.85 Å². The summed E-state index contributed by atoms with van der Waals surface area (Å²) in [6.45, 7) is 11.8. The van der Waals surface area contributed by atoms with Crippen LogP contribution in [0.15, 0.2) is 35.0 Å². The third-order valence-corrected chi connectivity index (χ3v) is 11.7. The Hall–Kier alpha value is -2.10. The van der Waals surface area contributed by atoms with Gasteiger partial charge in [-0.15, -0.1) is 22.7 Å². The summed E-state index contributed by atoms with van der Waals surface area (Å²) in [6, 6.07) is 6.74. The zero-order valence-corrected chi connectivity index (χ0v) is 33.3. The molecular formula is C39H61N3O8S2. The van der Waals surface area contributed by atoms with Gasteiger partial charge < -0.3 is 34.1 Å². The highest BCUT2D eigenvalue weighted by atomic mass is 32.1. The Morgan fingerprint density at radius 1 is 0.904 bits per heavy atom. The van der Waals surface area contributed by atoms with E-state index in [1.807, 2.05) is 36.7 Å². The smallest absolute Gasteiger partial charge is 0.318 e. The molecule has 2 amide bonds. The van der Waals surface area contributed by atoms with Crippen molar-refractivity contribution in [2.24, 2.45) is 5.92 Å². The zero-order valence-electron chi connectivity index (χ0n) is 31.7. The fourth-order valence-electron chi connectivity index (χ4n) is 7.40. The zero-order chi connectivity index (χ0) is 37.1. The van der Waals surface area contributed by atoms with E-state index in [0.717, 1.165) is 29.0 Å². The molecule has 0 spiro atoms.